The van der Waals surface area contributed by atoms with Crippen LogP contribution in [0.3, 0.4) is 0 Å². The van der Waals surface area contributed by atoms with Gasteiger partial charge in [-0.1, -0.05) is 62.4 Å². The maximum absolute atomic E-state index is 13.1. The molecule has 0 amide bonds. The van der Waals surface area contributed by atoms with Crippen LogP contribution in [0.5, 0.6) is 0 Å². The second kappa shape index (κ2) is 14.5. The highest BCUT2D eigenvalue weighted by Crippen LogP contribution is 2.33. The minimum atomic E-state index is -4.19. The highest BCUT2D eigenvalue weighted by atomic mass is 32.2. The predicted molar refractivity (Wildman–Crippen MR) is 156 cm³/mol. The van der Waals surface area contributed by atoms with Gasteiger partial charge in [0, 0.05) is 37.7 Å². The Morgan fingerprint density at radius 2 is 1.57 bits per heavy atom. The Labute approximate surface area is 235 Å². The molecule has 2 aromatic carbocycles. The number of hydrogen-bond acceptors (Lipinski definition) is 8. The normalized spacial score (nSPS) is 14.4. The number of rotatable bonds is 16. The molecule has 11 heteroatoms. The van der Waals surface area contributed by atoms with Crippen molar-refractivity contribution in [1.29, 1.82) is 0 Å². The van der Waals surface area contributed by atoms with Gasteiger partial charge in [0.2, 0.25) is 0 Å². The van der Waals surface area contributed by atoms with E-state index in [-0.39, 0.29) is 12.2 Å². The molecule has 216 valence electrons. The lowest BCUT2D eigenvalue weighted by atomic mass is 9.90. The van der Waals surface area contributed by atoms with Crippen LogP contribution in [-0.2, 0) is 21.7 Å². The highest BCUT2D eigenvalue weighted by molar-refractivity contribution is 7.83. The van der Waals surface area contributed by atoms with Crippen LogP contribution in [0.1, 0.15) is 63.4 Å². The molecule has 1 heterocycles. The first-order chi connectivity index (χ1) is 19.3. The lowest BCUT2D eigenvalue weighted by molar-refractivity contribution is 0.0636. The van der Waals surface area contributed by atoms with Gasteiger partial charge in [0.1, 0.15) is 11.4 Å². The number of nitrogens with zero attached hydrogens (tertiary/aromatic N) is 3. The highest BCUT2D eigenvalue weighted by Gasteiger charge is 2.32. The maximum Gasteiger partial charge on any atom is 0.333 e. The summed E-state index contributed by atoms with van der Waals surface area (Å²) in [6.07, 6.45) is 11.8. The van der Waals surface area contributed by atoms with Crippen LogP contribution in [0.15, 0.2) is 64.4 Å². The Morgan fingerprint density at radius 3 is 2.27 bits per heavy atom. The first kappa shape index (κ1) is 29.9. The fourth-order valence-electron chi connectivity index (χ4n) is 5.16. The molecule has 2 N–H and O–H groups in total. The standard InChI is InChI=1S/C29H38N4O6S/c34-28-26(32(25-15-18-30-19-16-25)21-23-11-5-3-6-12-23)27(29(28)35)33(39-22-24-13-7-4-8-14-24)20-10-2-1-9-17-31-40(36,37)38/h3,5-6,11-12,15-16,18-19,24,31H,1-2,4,7-10,13-14,17,20-22H2,(H,36,37,38). The van der Waals surface area contributed by atoms with Crippen molar-refractivity contribution in [2.45, 2.75) is 64.3 Å². The first-order valence-electron chi connectivity index (χ1n) is 14.0. The molecule has 0 atom stereocenters. The van der Waals surface area contributed by atoms with E-state index >= 15 is 0 Å². The average molecular weight is 571 g/mol. The summed E-state index contributed by atoms with van der Waals surface area (Å²) in [5, 5.41) is 1.61. The zero-order chi connectivity index (χ0) is 28.4. The van der Waals surface area contributed by atoms with Gasteiger partial charge >= 0.3 is 10.3 Å². The van der Waals surface area contributed by atoms with E-state index in [0.717, 1.165) is 36.9 Å². The van der Waals surface area contributed by atoms with Crippen molar-refractivity contribution in [2.75, 3.05) is 29.7 Å². The minimum absolute atomic E-state index is 0.156. The lowest BCUT2D eigenvalue weighted by Gasteiger charge is -2.33. The molecule has 0 spiro atoms. The third-order valence-corrected chi connectivity index (χ3v) is 7.87. The molecule has 40 heavy (non-hydrogen) atoms. The SMILES string of the molecule is O=c1c(N(CCCCCCNS(=O)(=O)O)OCC2CCCCC2)c(N(Cc2ccccc2)c2ccncc2)c1=O. The third kappa shape index (κ3) is 8.44. The molecule has 1 saturated carbocycles. The fraction of sp³-hybridized carbons (Fsp3) is 0.483. The van der Waals surface area contributed by atoms with E-state index < -0.39 is 21.2 Å². The number of unbranched alkanes of at least 4 members (excludes halogenated alkanes) is 3. The van der Waals surface area contributed by atoms with Crippen molar-refractivity contribution in [3.8, 4) is 0 Å². The Hall–Kier alpha value is -3.12. The summed E-state index contributed by atoms with van der Waals surface area (Å²) in [6, 6.07) is 13.4. The van der Waals surface area contributed by atoms with Crippen molar-refractivity contribution >= 4 is 27.4 Å². The van der Waals surface area contributed by atoms with Crippen LogP contribution in [0.2, 0.25) is 0 Å². The van der Waals surface area contributed by atoms with E-state index in [1.165, 1.54) is 19.3 Å². The summed E-state index contributed by atoms with van der Waals surface area (Å²) in [6.45, 7) is 1.47. The topological polar surface area (TPSA) is 129 Å². The smallest absolute Gasteiger partial charge is 0.332 e. The Kier molecular flexibility index (Phi) is 10.8. The van der Waals surface area contributed by atoms with Gasteiger partial charge in [0.25, 0.3) is 10.9 Å². The molecule has 1 aromatic heterocycles. The minimum Gasteiger partial charge on any atom is -0.332 e. The van der Waals surface area contributed by atoms with E-state index in [0.29, 0.717) is 44.1 Å². The molecule has 0 bridgehead atoms. The van der Waals surface area contributed by atoms with Gasteiger partial charge in [-0.2, -0.15) is 13.1 Å². The second-order valence-electron chi connectivity index (χ2n) is 10.3. The van der Waals surface area contributed by atoms with E-state index in [1.807, 2.05) is 47.4 Å². The zero-order valence-electron chi connectivity index (χ0n) is 22.7. The van der Waals surface area contributed by atoms with Gasteiger partial charge in [-0.15, -0.1) is 0 Å². The lowest BCUT2D eigenvalue weighted by Crippen LogP contribution is -2.45. The van der Waals surface area contributed by atoms with Gasteiger partial charge < -0.3 is 4.90 Å². The average Bonchev–Trinajstić information content (AvgIpc) is 2.97. The quantitative estimate of drug-likeness (QED) is 0.112. The molecule has 1 aliphatic rings. The van der Waals surface area contributed by atoms with E-state index in [2.05, 4.69) is 9.71 Å². The number of hydroxylamine groups is 1. The monoisotopic (exact) mass is 570 g/mol. The molecule has 1 aliphatic carbocycles. The Bertz CT molecular complexity index is 1370. The molecule has 0 unspecified atom stereocenters. The van der Waals surface area contributed by atoms with Crippen LogP contribution < -0.4 is 25.5 Å². The molecule has 0 radical (unpaired) electrons. The van der Waals surface area contributed by atoms with Crippen molar-refractivity contribution in [1.82, 2.24) is 9.71 Å². The van der Waals surface area contributed by atoms with Crippen molar-refractivity contribution in [3.05, 3.63) is 80.9 Å². The van der Waals surface area contributed by atoms with Crippen LogP contribution in [0, 0.1) is 5.92 Å². The van der Waals surface area contributed by atoms with Gasteiger partial charge in [0.15, 0.2) is 0 Å². The van der Waals surface area contributed by atoms with Crippen molar-refractivity contribution in [3.63, 3.8) is 0 Å². The molecular weight excluding hydrogens is 532 g/mol. The Morgan fingerprint density at radius 1 is 0.900 bits per heavy atom. The number of hydrogen-bond donors (Lipinski definition) is 2. The number of aromatic nitrogens is 1. The number of benzene rings is 1. The summed E-state index contributed by atoms with van der Waals surface area (Å²) in [5.41, 5.74) is 1.26. The van der Waals surface area contributed by atoms with Crippen LogP contribution in [0.4, 0.5) is 17.1 Å². The van der Waals surface area contributed by atoms with Crippen LogP contribution in [-0.4, -0.2) is 37.7 Å². The number of anilines is 3. The Balaban J connectivity index is 1.53. The predicted octanol–water partition coefficient (Wildman–Crippen LogP) is 4.29. The molecule has 3 aromatic rings. The van der Waals surface area contributed by atoms with Gasteiger partial charge in [0.05, 0.1) is 6.61 Å². The second-order valence-corrected chi connectivity index (χ2v) is 11.6. The largest absolute Gasteiger partial charge is 0.333 e. The van der Waals surface area contributed by atoms with Crippen LogP contribution in [0.25, 0.3) is 0 Å². The van der Waals surface area contributed by atoms with E-state index in [1.54, 1.807) is 17.5 Å². The van der Waals surface area contributed by atoms with E-state index in [9.17, 15) is 18.0 Å². The van der Waals surface area contributed by atoms with Crippen LogP contribution >= 0.6 is 0 Å². The summed E-state index contributed by atoms with van der Waals surface area (Å²) < 4.78 is 32.6. The summed E-state index contributed by atoms with van der Waals surface area (Å²) in [7, 11) is -4.19. The zero-order valence-corrected chi connectivity index (χ0v) is 23.5. The van der Waals surface area contributed by atoms with Gasteiger partial charge in [-0.05, 0) is 49.3 Å². The molecule has 0 saturated heterocycles. The van der Waals surface area contributed by atoms with Crippen molar-refractivity contribution in [2.24, 2.45) is 5.92 Å². The fourth-order valence-corrected chi connectivity index (χ4v) is 5.57. The van der Waals surface area contributed by atoms with Gasteiger partial charge in [-0.25, -0.2) is 5.06 Å². The molecule has 1 fully saturated rings. The van der Waals surface area contributed by atoms with Crippen molar-refractivity contribution < 1.29 is 17.8 Å². The maximum atomic E-state index is 13.1. The summed E-state index contributed by atoms with van der Waals surface area (Å²) in [5.74, 6) is 0.415. The van der Waals surface area contributed by atoms with E-state index in [4.69, 9.17) is 9.39 Å². The summed E-state index contributed by atoms with van der Waals surface area (Å²) in [4.78, 5) is 38.4. The molecule has 4 rings (SSSR count). The third-order valence-electron chi connectivity index (χ3n) is 7.30. The number of pyridine rings is 1. The first-order valence-corrected chi connectivity index (χ1v) is 15.4. The molecule has 0 aliphatic heterocycles. The van der Waals surface area contributed by atoms with Gasteiger partial charge in [-0.3, -0.25) is 24.0 Å². The number of nitrogens with one attached hydrogen (secondary N) is 1. The summed E-state index contributed by atoms with van der Waals surface area (Å²) >= 11 is 0. The molecule has 10 nitrogen and oxygen atoms in total. The molecular formula is C29H38N4O6S.